The van der Waals surface area contributed by atoms with E-state index in [1.807, 2.05) is 6.92 Å². The Morgan fingerprint density at radius 3 is 2.75 bits per heavy atom. The van der Waals surface area contributed by atoms with Crippen LogP contribution in [0.5, 0.6) is 0 Å². The molecule has 0 aromatic carbocycles. The molecule has 1 atom stereocenters. The second-order valence-corrected chi connectivity index (χ2v) is 6.74. The van der Waals surface area contributed by atoms with Crippen molar-refractivity contribution >= 4 is 9.84 Å². The van der Waals surface area contributed by atoms with Crippen LogP contribution in [0.2, 0.25) is 0 Å². The molecule has 1 aliphatic rings. The first kappa shape index (κ1) is 11.5. The first-order valence-electron chi connectivity index (χ1n) is 5.14. The van der Waals surface area contributed by atoms with Gasteiger partial charge in [0.25, 0.3) is 0 Å². The molecule has 6 nitrogen and oxygen atoms in total. The van der Waals surface area contributed by atoms with E-state index in [9.17, 15) is 8.42 Å². The molecule has 16 heavy (non-hydrogen) atoms. The van der Waals surface area contributed by atoms with Crippen molar-refractivity contribution in [2.45, 2.75) is 32.4 Å². The number of hydrogen-bond donors (Lipinski definition) is 1. The van der Waals surface area contributed by atoms with Crippen molar-refractivity contribution in [3.8, 4) is 0 Å². The molecule has 1 N–H and O–H groups in total. The Morgan fingerprint density at radius 2 is 2.25 bits per heavy atom. The Kier molecular flexibility index (Phi) is 2.75. The Labute approximate surface area is 94.3 Å². The molecule has 0 radical (unpaired) electrons. The largest absolute Gasteiger partial charge is 0.305 e. The van der Waals surface area contributed by atoms with Crippen molar-refractivity contribution < 1.29 is 13.0 Å². The van der Waals surface area contributed by atoms with E-state index >= 15 is 0 Å². The summed E-state index contributed by atoms with van der Waals surface area (Å²) in [6.07, 6.45) is 0.639. The Balaban J connectivity index is 1.99. The SMILES string of the molecule is Cc1nonc1CNC1(C)CCS(=O)(=O)C1. The van der Waals surface area contributed by atoms with Gasteiger partial charge >= 0.3 is 0 Å². The third-order valence-corrected chi connectivity index (χ3v) is 4.84. The minimum absolute atomic E-state index is 0.185. The van der Waals surface area contributed by atoms with Gasteiger partial charge in [-0.25, -0.2) is 13.0 Å². The van der Waals surface area contributed by atoms with Gasteiger partial charge in [-0.05, 0) is 20.3 Å². The summed E-state index contributed by atoms with van der Waals surface area (Å²) in [4.78, 5) is 0. The van der Waals surface area contributed by atoms with Gasteiger partial charge in [-0.15, -0.1) is 0 Å². The maximum Gasteiger partial charge on any atom is 0.152 e. The molecular formula is C9H15N3O3S. The molecule has 0 bridgehead atoms. The lowest BCUT2D eigenvalue weighted by Crippen LogP contribution is -2.43. The molecule has 0 spiro atoms. The van der Waals surface area contributed by atoms with Crippen molar-refractivity contribution in [1.82, 2.24) is 15.6 Å². The Morgan fingerprint density at radius 1 is 1.50 bits per heavy atom. The number of nitrogens with zero attached hydrogens (tertiary/aromatic N) is 2. The highest BCUT2D eigenvalue weighted by Crippen LogP contribution is 2.23. The lowest BCUT2D eigenvalue weighted by atomic mass is 10.0. The average Bonchev–Trinajstić information content (AvgIpc) is 2.69. The zero-order valence-corrected chi connectivity index (χ0v) is 10.2. The third-order valence-electron chi connectivity index (χ3n) is 2.93. The number of rotatable bonds is 3. The maximum atomic E-state index is 11.4. The number of hydrogen-bond acceptors (Lipinski definition) is 6. The summed E-state index contributed by atoms with van der Waals surface area (Å²) in [6.45, 7) is 4.21. The molecule has 7 heteroatoms. The van der Waals surface area contributed by atoms with Gasteiger partial charge in [0.2, 0.25) is 0 Å². The number of nitrogens with one attached hydrogen (secondary N) is 1. The maximum absolute atomic E-state index is 11.4. The molecule has 90 valence electrons. The lowest BCUT2D eigenvalue weighted by Gasteiger charge is -2.23. The number of aromatic nitrogens is 2. The van der Waals surface area contributed by atoms with Crippen molar-refractivity contribution in [2.24, 2.45) is 0 Å². The molecule has 1 fully saturated rings. The van der Waals surface area contributed by atoms with Crippen LogP contribution in [-0.4, -0.2) is 35.8 Å². The summed E-state index contributed by atoms with van der Waals surface area (Å²) in [5, 5.41) is 10.6. The summed E-state index contributed by atoms with van der Waals surface area (Å²) in [6, 6.07) is 0. The van der Waals surface area contributed by atoms with Gasteiger partial charge in [0.05, 0.1) is 11.5 Å². The van der Waals surface area contributed by atoms with Crippen LogP contribution in [0.15, 0.2) is 4.63 Å². The van der Waals surface area contributed by atoms with Crippen LogP contribution in [0.1, 0.15) is 24.7 Å². The summed E-state index contributed by atoms with van der Waals surface area (Å²) >= 11 is 0. The third kappa shape index (κ3) is 2.41. The van der Waals surface area contributed by atoms with E-state index in [4.69, 9.17) is 0 Å². The second-order valence-electron chi connectivity index (χ2n) is 4.55. The summed E-state index contributed by atoms with van der Waals surface area (Å²) in [5.74, 6) is 0.441. The van der Waals surface area contributed by atoms with Crippen molar-refractivity contribution in [1.29, 1.82) is 0 Å². The van der Waals surface area contributed by atoms with Gasteiger partial charge in [0.15, 0.2) is 9.84 Å². The number of sulfone groups is 1. The molecule has 0 amide bonds. The quantitative estimate of drug-likeness (QED) is 0.809. The smallest absolute Gasteiger partial charge is 0.152 e. The highest BCUT2D eigenvalue weighted by atomic mass is 32.2. The molecule has 1 aromatic heterocycles. The van der Waals surface area contributed by atoms with Crippen LogP contribution in [0.25, 0.3) is 0 Å². The van der Waals surface area contributed by atoms with Crippen LogP contribution in [0.3, 0.4) is 0 Å². The zero-order valence-electron chi connectivity index (χ0n) is 9.36. The van der Waals surface area contributed by atoms with Crippen LogP contribution in [-0.2, 0) is 16.4 Å². The van der Waals surface area contributed by atoms with Gasteiger partial charge in [-0.1, -0.05) is 10.3 Å². The molecule has 2 rings (SSSR count). The van der Waals surface area contributed by atoms with Crippen molar-refractivity contribution in [2.75, 3.05) is 11.5 Å². The highest BCUT2D eigenvalue weighted by Gasteiger charge is 2.38. The Bertz CT molecular complexity index is 482. The second kappa shape index (κ2) is 3.81. The molecule has 1 saturated heterocycles. The van der Waals surface area contributed by atoms with E-state index < -0.39 is 9.84 Å². The monoisotopic (exact) mass is 245 g/mol. The normalized spacial score (nSPS) is 28.4. The molecular weight excluding hydrogens is 230 g/mol. The molecule has 0 aliphatic carbocycles. The van der Waals surface area contributed by atoms with E-state index in [1.165, 1.54) is 0 Å². The first-order chi connectivity index (χ1) is 7.40. The topological polar surface area (TPSA) is 85.1 Å². The van der Waals surface area contributed by atoms with Gasteiger partial charge in [0, 0.05) is 12.1 Å². The van der Waals surface area contributed by atoms with Gasteiger partial charge in [0.1, 0.15) is 11.4 Å². The van der Waals surface area contributed by atoms with Crippen molar-refractivity contribution in [3.05, 3.63) is 11.4 Å². The minimum atomic E-state index is -2.88. The fourth-order valence-electron chi connectivity index (χ4n) is 1.86. The molecule has 1 unspecified atom stereocenters. The van der Waals surface area contributed by atoms with Crippen LogP contribution >= 0.6 is 0 Å². The summed E-state index contributed by atoms with van der Waals surface area (Å²) in [7, 11) is -2.88. The van der Waals surface area contributed by atoms with Crippen molar-refractivity contribution in [3.63, 3.8) is 0 Å². The average molecular weight is 245 g/mol. The van der Waals surface area contributed by atoms with Crippen LogP contribution < -0.4 is 5.32 Å². The van der Waals surface area contributed by atoms with Crippen LogP contribution in [0.4, 0.5) is 0 Å². The fraction of sp³-hybridized carbons (Fsp3) is 0.778. The standard InChI is InChI=1S/C9H15N3O3S/c1-7-8(12-15-11-7)5-10-9(2)3-4-16(13,14)6-9/h10H,3-6H2,1-2H3. The van der Waals surface area contributed by atoms with Gasteiger partial charge < -0.3 is 5.32 Å². The highest BCUT2D eigenvalue weighted by molar-refractivity contribution is 7.91. The Hall–Kier alpha value is -0.950. The van der Waals surface area contributed by atoms with E-state index in [1.54, 1.807) is 6.92 Å². The number of aryl methyl sites for hydroxylation is 1. The van der Waals surface area contributed by atoms with E-state index in [0.29, 0.717) is 13.0 Å². The zero-order chi connectivity index (χ0) is 11.8. The van der Waals surface area contributed by atoms with Gasteiger partial charge in [-0.3, -0.25) is 0 Å². The molecule has 2 heterocycles. The lowest BCUT2D eigenvalue weighted by molar-refractivity contribution is 0.297. The first-order valence-corrected chi connectivity index (χ1v) is 6.96. The minimum Gasteiger partial charge on any atom is -0.305 e. The predicted octanol–water partition coefficient (Wildman–Crippen LogP) is 0.0448. The van der Waals surface area contributed by atoms with Gasteiger partial charge in [-0.2, -0.15) is 0 Å². The van der Waals surface area contributed by atoms with E-state index in [2.05, 4.69) is 20.3 Å². The predicted molar refractivity (Wildman–Crippen MR) is 57.6 cm³/mol. The van der Waals surface area contributed by atoms with Crippen LogP contribution in [0, 0.1) is 6.92 Å². The molecule has 1 aliphatic heterocycles. The van der Waals surface area contributed by atoms with E-state index in [-0.39, 0.29) is 17.0 Å². The summed E-state index contributed by atoms with van der Waals surface area (Å²) in [5.41, 5.74) is 1.10. The van der Waals surface area contributed by atoms with E-state index in [0.717, 1.165) is 11.4 Å². The molecule has 1 aromatic rings. The fourth-order valence-corrected chi connectivity index (χ4v) is 3.98. The molecule has 0 saturated carbocycles. The summed E-state index contributed by atoms with van der Waals surface area (Å²) < 4.78 is 27.4.